The fraction of sp³-hybridized carbons (Fsp3) is 0.500. The van der Waals surface area contributed by atoms with Gasteiger partial charge in [0, 0.05) is 5.56 Å². The van der Waals surface area contributed by atoms with Crippen molar-refractivity contribution in [3.05, 3.63) is 34.4 Å². The number of rotatable bonds is 4. The number of aryl methyl sites for hydroxylation is 3. The number of Topliss-reactive ketones (excluding diaryl/α,β-unsaturated/α-hetero) is 1. The molecule has 1 unspecified atom stereocenters. The second kappa shape index (κ2) is 5.75. The van der Waals surface area contributed by atoms with Gasteiger partial charge in [-0.1, -0.05) is 17.7 Å². The summed E-state index contributed by atoms with van der Waals surface area (Å²) in [5, 5.41) is 0. The second-order valence-electron chi connectivity index (χ2n) is 5.73. The van der Waals surface area contributed by atoms with Crippen molar-refractivity contribution in [2.24, 2.45) is 5.73 Å². The topological polar surface area (TPSA) is 63.4 Å². The van der Waals surface area contributed by atoms with Crippen molar-refractivity contribution >= 4 is 11.7 Å². The van der Waals surface area contributed by atoms with E-state index in [1.807, 2.05) is 37.8 Å². The van der Waals surface area contributed by atoms with Gasteiger partial charge in [0.15, 0.2) is 5.78 Å². The van der Waals surface area contributed by atoms with Crippen LogP contribution in [0, 0.1) is 20.8 Å². The Morgan fingerprint density at radius 3 is 2.40 bits per heavy atom. The van der Waals surface area contributed by atoms with Crippen LogP contribution in [0.15, 0.2) is 12.1 Å². The van der Waals surface area contributed by atoms with Crippen LogP contribution in [-0.4, -0.2) is 35.7 Å². The van der Waals surface area contributed by atoms with Crippen molar-refractivity contribution in [1.82, 2.24) is 4.90 Å². The molecular weight excluding hydrogens is 252 g/mol. The number of likely N-dealkylation sites (tertiary alicyclic amines) is 1. The third-order valence-corrected chi connectivity index (χ3v) is 3.99. The molecule has 1 aromatic carbocycles. The van der Waals surface area contributed by atoms with E-state index < -0.39 is 0 Å². The number of hydrogen-bond donors (Lipinski definition) is 1. The number of carbonyl (C=O) groups excluding carboxylic acids is 2. The summed E-state index contributed by atoms with van der Waals surface area (Å²) < 4.78 is 0. The summed E-state index contributed by atoms with van der Waals surface area (Å²) in [6.45, 7) is 6.99. The highest BCUT2D eigenvalue weighted by Gasteiger charge is 2.30. The van der Waals surface area contributed by atoms with Crippen LogP contribution in [0.25, 0.3) is 0 Å². The lowest BCUT2D eigenvalue weighted by atomic mass is 9.96. The lowest BCUT2D eigenvalue weighted by molar-refractivity contribution is -0.122. The van der Waals surface area contributed by atoms with Gasteiger partial charge in [-0.3, -0.25) is 14.5 Å². The third-order valence-electron chi connectivity index (χ3n) is 3.99. The van der Waals surface area contributed by atoms with E-state index in [1.54, 1.807) is 0 Å². The van der Waals surface area contributed by atoms with Gasteiger partial charge in [0.05, 0.1) is 12.6 Å². The minimum atomic E-state index is -0.326. The molecule has 1 amide bonds. The molecule has 0 radical (unpaired) electrons. The lowest BCUT2D eigenvalue weighted by Crippen LogP contribution is -2.42. The number of amides is 1. The fourth-order valence-electron chi connectivity index (χ4n) is 3.22. The smallest absolute Gasteiger partial charge is 0.234 e. The van der Waals surface area contributed by atoms with Crippen molar-refractivity contribution < 1.29 is 9.59 Å². The highest BCUT2D eigenvalue weighted by atomic mass is 16.1. The van der Waals surface area contributed by atoms with Gasteiger partial charge in [-0.25, -0.2) is 0 Å². The Morgan fingerprint density at radius 1 is 1.25 bits per heavy atom. The normalized spacial score (nSPS) is 19.2. The molecule has 1 aliphatic rings. The number of carbonyl (C=O) groups is 2. The number of nitrogens with zero attached hydrogens (tertiary/aromatic N) is 1. The lowest BCUT2D eigenvalue weighted by Gasteiger charge is -2.21. The van der Waals surface area contributed by atoms with Crippen molar-refractivity contribution in [3.8, 4) is 0 Å². The SMILES string of the molecule is Cc1cc(C)c(C(=O)CN2CCCC2C(N)=O)c(C)c1. The second-order valence-corrected chi connectivity index (χ2v) is 5.73. The van der Waals surface area contributed by atoms with Crippen LogP contribution in [0.2, 0.25) is 0 Å². The van der Waals surface area contributed by atoms with Crippen LogP contribution in [-0.2, 0) is 4.79 Å². The Bertz CT molecular complexity index is 528. The molecule has 4 heteroatoms. The van der Waals surface area contributed by atoms with E-state index in [1.165, 1.54) is 0 Å². The number of ketones is 1. The molecule has 1 heterocycles. The molecule has 1 aliphatic heterocycles. The third kappa shape index (κ3) is 2.90. The Kier molecular flexibility index (Phi) is 4.23. The number of nitrogens with two attached hydrogens (primary N) is 1. The van der Waals surface area contributed by atoms with E-state index in [0.717, 1.165) is 41.6 Å². The summed E-state index contributed by atoms with van der Waals surface area (Å²) in [7, 11) is 0. The summed E-state index contributed by atoms with van der Waals surface area (Å²) >= 11 is 0. The van der Waals surface area contributed by atoms with Crippen LogP contribution in [0.1, 0.15) is 39.9 Å². The molecular formula is C16H22N2O2. The summed E-state index contributed by atoms with van der Waals surface area (Å²) in [5.74, 6) is -0.249. The molecule has 0 saturated carbocycles. The number of hydrogen-bond acceptors (Lipinski definition) is 3. The summed E-state index contributed by atoms with van der Waals surface area (Å²) in [6, 6.07) is 3.76. The van der Waals surface area contributed by atoms with E-state index >= 15 is 0 Å². The monoisotopic (exact) mass is 274 g/mol. The largest absolute Gasteiger partial charge is 0.368 e. The molecule has 1 fully saturated rings. The molecule has 1 aromatic rings. The molecule has 20 heavy (non-hydrogen) atoms. The molecule has 0 aliphatic carbocycles. The molecule has 2 N–H and O–H groups in total. The molecule has 1 saturated heterocycles. The van der Waals surface area contributed by atoms with Gasteiger partial charge in [-0.15, -0.1) is 0 Å². The van der Waals surface area contributed by atoms with E-state index in [2.05, 4.69) is 0 Å². The number of primary amides is 1. The molecule has 108 valence electrons. The first kappa shape index (κ1) is 14.7. The van der Waals surface area contributed by atoms with Crippen molar-refractivity contribution in [3.63, 3.8) is 0 Å². The molecule has 0 bridgehead atoms. The van der Waals surface area contributed by atoms with Crippen LogP contribution in [0.5, 0.6) is 0 Å². The van der Waals surface area contributed by atoms with Crippen LogP contribution in [0.4, 0.5) is 0 Å². The summed E-state index contributed by atoms with van der Waals surface area (Å²) in [4.78, 5) is 25.8. The Hall–Kier alpha value is -1.68. The quantitative estimate of drug-likeness (QED) is 0.851. The predicted molar refractivity (Wildman–Crippen MR) is 78.8 cm³/mol. The van der Waals surface area contributed by atoms with Crippen LogP contribution in [0.3, 0.4) is 0 Å². The maximum atomic E-state index is 12.5. The minimum Gasteiger partial charge on any atom is -0.368 e. The Morgan fingerprint density at radius 2 is 1.85 bits per heavy atom. The highest BCUT2D eigenvalue weighted by Crippen LogP contribution is 2.21. The number of benzene rings is 1. The first-order valence-electron chi connectivity index (χ1n) is 7.04. The maximum absolute atomic E-state index is 12.5. The molecule has 2 rings (SSSR count). The van der Waals surface area contributed by atoms with Gasteiger partial charge in [-0.05, 0) is 51.3 Å². The van der Waals surface area contributed by atoms with Crippen molar-refractivity contribution in [1.29, 1.82) is 0 Å². The average molecular weight is 274 g/mol. The first-order chi connectivity index (χ1) is 9.40. The Balaban J connectivity index is 2.19. The van der Waals surface area contributed by atoms with Crippen molar-refractivity contribution in [2.45, 2.75) is 39.7 Å². The molecule has 4 nitrogen and oxygen atoms in total. The molecule has 0 aromatic heterocycles. The minimum absolute atomic E-state index is 0.0770. The average Bonchev–Trinajstić information content (AvgIpc) is 2.75. The standard InChI is InChI=1S/C16H22N2O2/c1-10-7-11(2)15(12(3)8-10)14(19)9-18-6-4-5-13(18)16(17)20/h7-8,13H,4-6,9H2,1-3H3,(H2,17,20). The summed E-state index contributed by atoms with van der Waals surface area (Å²) in [6.07, 6.45) is 1.68. The molecule has 1 atom stereocenters. The van der Waals surface area contributed by atoms with E-state index in [4.69, 9.17) is 5.73 Å². The van der Waals surface area contributed by atoms with Gasteiger partial charge >= 0.3 is 0 Å². The predicted octanol–water partition coefficient (Wildman–Crippen LogP) is 1.74. The van der Waals surface area contributed by atoms with Gasteiger partial charge in [0.1, 0.15) is 0 Å². The van der Waals surface area contributed by atoms with Gasteiger partial charge in [0.25, 0.3) is 0 Å². The van der Waals surface area contributed by atoms with Gasteiger partial charge in [0.2, 0.25) is 5.91 Å². The molecule has 0 spiro atoms. The van der Waals surface area contributed by atoms with Crippen LogP contribution < -0.4 is 5.73 Å². The van der Waals surface area contributed by atoms with E-state index in [0.29, 0.717) is 0 Å². The van der Waals surface area contributed by atoms with E-state index in [-0.39, 0.29) is 24.3 Å². The van der Waals surface area contributed by atoms with E-state index in [9.17, 15) is 9.59 Å². The zero-order valence-corrected chi connectivity index (χ0v) is 12.4. The summed E-state index contributed by atoms with van der Waals surface area (Å²) in [5.41, 5.74) is 9.34. The van der Waals surface area contributed by atoms with Gasteiger partial charge in [-0.2, -0.15) is 0 Å². The fourth-order valence-corrected chi connectivity index (χ4v) is 3.22. The maximum Gasteiger partial charge on any atom is 0.234 e. The Labute approximate surface area is 119 Å². The highest BCUT2D eigenvalue weighted by molar-refractivity contribution is 6.00. The zero-order chi connectivity index (χ0) is 14.9. The van der Waals surface area contributed by atoms with Crippen molar-refractivity contribution in [2.75, 3.05) is 13.1 Å². The zero-order valence-electron chi connectivity index (χ0n) is 12.4. The first-order valence-corrected chi connectivity index (χ1v) is 7.04. The van der Waals surface area contributed by atoms with Gasteiger partial charge < -0.3 is 5.73 Å². The van der Waals surface area contributed by atoms with Crippen LogP contribution >= 0.6 is 0 Å².